The second-order valence-electron chi connectivity index (χ2n) is 4.81. The highest BCUT2D eigenvalue weighted by Gasteiger charge is 2.16. The van der Waals surface area contributed by atoms with E-state index in [1.165, 1.54) is 24.9 Å². The molecule has 1 saturated heterocycles. The van der Waals surface area contributed by atoms with Gasteiger partial charge in [-0.05, 0) is 37.5 Å². The Balaban J connectivity index is 2.10. The molecule has 1 fully saturated rings. The molecule has 0 saturated carbocycles. The maximum atomic E-state index is 11.4. The lowest BCUT2D eigenvalue weighted by Crippen LogP contribution is -2.29. The van der Waals surface area contributed by atoms with E-state index in [0.29, 0.717) is 5.56 Å². The molecule has 1 aliphatic heterocycles. The van der Waals surface area contributed by atoms with Crippen molar-refractivity contribution in [2.24, 2.45) is 5.73 Å². The molecule has 18 heavy (non-hydrogen) atoms. The molecule has 3 N–H and O–H groups in total. The molecule has 0 aliphatic carbocycles. The van der Waals surface area contributed by atoms with Gasteiger partial charge in [0.1, 0.15) is 0 Å². The van der Waals surface area contributed by atoms with Gasteiger partial charge >= 0.3 is 0 Å². The standard InChI is InChI=1S/C14H17N3O/c15-14(18)11-4-5-12(10-6-7-16-13(10)11)17-8-2-1-3-9-17/h4-7,16H,1-3,8-9H2,(H2,15,18). The van der Waals surface area contributed by atoms with Crippen molar-refractivity contribution in [1.82, 2.24) is 4.98 Å². The summed E-state index contributed by atoms with van der Waals surface area (Å²) < 4.78 is 0. The van der Waals surface area contributed by atoms with Crippen molar-refractivity contribution < 1.29 is 4.79 Å². The minimum atomic E-state index is -0.382. The van der Waals surface area contributed by atoms with Crippen LogP contribution in [0.15, 0.2) is 24.4 Å². The Bertz CT molecular complexity index is 582. The molecule has 0 spiro atoms. The van der Waals surface area contributed by atoms with Gasteiger partial charge in [-0.15, -0.1) is 0 Å². The summed E-state index contributed by atoms with van der Waals surface area (Å²) in [4.78, 5) is 16.9. The van der Waals surface area contributed by atoms with Crippen molar-refractivity contribution >= 4 is 22.5 Å². The largest absolute Gasteiger partial charge is 0.371 e. The summed E-state index contributed by atoms with van der Waals surface area (Å²) in [6.07, 6.45) is 5.66. The van der Waals surface area contributed by atoms with Crippen LogP contribution in [0.1, 0.15) is 29.6 Å². The number of carbonyl (C=O) groups excluding carboxylic acids is 1. The number of primary amides is 1. The quantitative estimate of drug-likeness (QED) is 0.849. The van der Waals surface area contributed by atoms with E-state index in [9.17, 15) is 4.79 Å². The number of nitrogens with two attached hydrogens (primary N) is 1. The fourth-order valence-electron chi connectivity index (χ4n) is 2.76. The fourth-order valence-corrected chi connectivity index (χ4v) is 2.76. The number of hydrogen-bond donors (Lipinski definition) is 2. The Labute approximate surface area is 106 Å². The van der Waals surface area contributed by atoms with Gasteiger partial charge in [-0.2, -0.15) is 0 Å². The Morgan fingerprint density at radius 1 is 1.17 bits per heavy atom. The third-order valence-corrected chi connectivity index (χ3v) is 3.66. The summed E-state index contributed by atoms with van der Waals surface area (Å²) in [6.45, 7) is 2.19. The van der Waals surface area contributed by atoms with Crippen molar-refractivity contribution in [3.63, 3.8) is 0 Å². The lowest BCUT2D eigenvalue weighted by molar-refractivity contribution is 0.100. The number of aromatic amines is 1. The number of anilines is 1. The summed E-state index contributed by atoms with van der Waals surface area (Å²) >= 11 is 0. The van der Waals surface area contributed by atoms with E-state index >= 15 is 0 Å². The summed E-state index contributed by atoms with van der Waals surface area (Å²) in [5.74, 6) is -0.382. The molecule has 4 heteroatoms. The molecule has 4 nitrogen and oxygen atoms in total. The van der Waals surface area contributed by atoms with Crippen LogP contribution < -0.4 is 10.6 Å². The monoisotopic (exact) mass is 243 g/mol. The molecule has 1 amide bonds. The maximum Gasteiger partial charge on any atom is 0.250 e. The van der Waals surface area contributed by atoms with Crippen LogP contribution in [0.25, 0.3) is 10.9 Å². The van der Waals surface area contributed by atoms with Gasteiger partial charge in [-0.1, -0.05) is 0 Å². The molecular formula is C14H17N3O. The van der Waals surface area contributed by atoms with Crippen molar-refractivity contribution in [2.45, 2.75) is 19.3 Å². The first kappa shape index (κ1) is 11.1. The predicted molar refractivity (Wildman–Crippen MR) is 72.9 cm³/mol. The van der Waals surface area contributed by atoms with E-state index in [0.717, 1.165) is 24.0 Å². The van der Waals surface area contributed by atoms with Gasteiger partial charge in [-0.25, -0.2) is 0 Å². The number of piperidine rings is 1. The van der Waals surface area contributed by atoms with Gasteiger partial charge in [-0.3, -0.25) is 4.79 Å². The third-order valence-electron chi connectivity index (χ3n) is 3.66. The van der Waals surface area contributed by atoms with Crippen LogP contribution in [0, 0.1) is 0 Å². The molecule has 94 valence electrons. The van der Waals surface area contributed by atoms with Gasteiger partial charge < -0.3 is 15.6 Å². The molecule has 0 unspecified atom stereocenters. The summed E-state index contributed by atoms with van der Waals surface area (Å²) in [5.41, 5.74) is 8.02. The SMILES string of the molecule is NC(=O)c1ccc(N2CCCCC2)c2cc[nH]c12. The minimum absolute atomic E-state index is 0.382. The van der Waals surface area contributed by atoms with E-state index in [2.05, 4.69) is 9.88 Å². The lowest BCUT2D eigenvalue weighted by Gasteiger charge is -2.29. The van der Waals surface area contributed by atoms with Crippen molar-refractivity contribution in [3.8, 4) is 0 Å². The highest BCUT2D eigenvalue weighted by atomic mass is 16.1. The molecule has 1 aromatic carbocycles. The zero-order valence-corrected chi connectivity index (χ0v) is 10.3. The molecule has 1 aliphatic rings. The number of H-pyrrole nitrogens is 1. The van der Waals surface area contributed by atoms with Crippen LogP contribution in [0.2, 0.25) is 0 Å². The van der Waals surface area contributed by atoms with Crippen LogP contribution >= 0.6 is 0 Å². The van der Waals surface area contributed by atoms with Crippen LogP contribution in [0.5, 0.6) is 0 Å². The Morgan fingerprint density at radius 3 is 2.67 bits per heavy atom. The number of fused-ring (bicyclic) bond motifs is 1. The average Bonchev–Trinajstić information content (AvgIpc) is 2.87. The molecule has 1 aromatic heterocycles. The molecule has 3 rings (SSSR count). The lowest BCUT2D eigenvalue weighted by atomic mass is 10.1. The average molecular weight is 243 g/mol. The summed E-state index contributed by atoms with van der Waals surface area (Å²) in [6, 6.07) is 5.86. The smallest absolute Gasteiger partial charge is 0.250 e. The fraction of sp³-hybridized carbons (Fsp3) is 0.357. The third kappa shape index (κ3) is 1.74. The number of nitrogens with one attached hydrogen (secondary N) is 1. The molecule has 0 radical (unpaired) electrons. The van der Waals surface area contributed by atoms with E-state index in [4.69, 9.17) is 5.73 Å². The number of carbonyl (C=O) groups is 1. The number of aromatic nitrogens is 1. The van der Waals surface area contributed by atoms with Gasteiger partial charge in [0.05, 0.1) is 11.1 Å². The van der Waals surface area contributed by atoms with Crippen molar-refractivity contribution in [2.75, 3.05) is 18.0 Å². The maximum absolute atomic E-state index is 11.4. The van der Waals surface area contributed by atoms with Gasteiger partial charge in [0.15, 0.2) is 0 Å². The first-order valence-electron chi connectivity index (χ1n) is 6.42. The van der Waals surface area contributed by atoms with Crippen LogP contribution in [0.3, 0.4) is 0 Å². The van der Waals surface area contributed by atoms with E-state index < -0.39 is 0 Å². The molecule has 0 atom stereocenters. The Kier molecular flexibility index (Phi) is 2.70. The van der Waals surface area contributed by atoms with Gasteiger partial charge in [0.25, 0.3) is 5.91 Å². The Morgan fingerprint density at radius 2 is 1.94 bits per heavy atom. The van der Waals surface area contributed by atoms with E-state index in [1.807, 2.05) is 24.4 Å². The van der Waals surface area contributed by atoms with Crippen LogP contribution in [-0.2, 0) is 0 Å². The highest BCUT2D eigenvalue weighted by molar-refractivity contribution is 6.08. The van der Waals surface area contributed by atoms with Crippen LogP contribution in [-0.4, -0.2) is 24.0 Å². The second-order valence-corrected chi connectivity index (χ2v) is 4.81. The molecule has 0 bridgehead atoms. The van der Waals surface area contributed by atoms with Crippen LogP contribution in [0.4, 0.5) is 5.69 Å². The zero-order chi connectivity index (χ0) is 12.5. The highest BCUT2D eigenvalue weighted by Crippen LogP contribution is 2.30. The first-order chi connectivity index (χ1) is 8.77. The Hall–Kier alpha value is -1.97. The summed E-state index contributed by atoms with van der Waals surface area (Å²) in [5, 5.41) is 1.09. The minimum Gasteiger partial charge on any atom is -0.371 e. The van der Waals surface area contributed by atoms with Gasteiger partial charge in [0, 0.05) is 30.4 Å². The summed E-state index contributed by atoms with van der Waals surface area (Å²) in [7, 11) is 0. The second kappa shape index (κ2) is 4.37. The molecule has 2 aromatic rings. The molecular weight excluding hydrogens is 226 g/mol. The van der Waals surface area contributed by atoms with E-state index in [-0.39, 0.29) is 5.91 Å². The number of nitrogens with zero attached hydrogens (tertiary/aromatic N) is 1. The van der Waals surface area contributed by atoms with Crippen molar-refractivity contribution in [1.29, 1.82) is 0 Å². The predicted octanol–water partition coefficient (Wildman–Crippen LogP) is 2.26. The number of hydrogen-bond acceptors (Lipinski definition) is 2. The van der Waals surface area contributed by atoms with E-state index in [1.54, 1.807) is 0 Å². The number of rotatable bonds is 2. The topological polar surface area (TPSA) is 62.1 Å². The zero-order valence-electron chi connectivity index (χ0n) is 10.3. The number of amides is 1. The normalized spacial score (nSPS) is 16.1. The first-order valence-corrected chi connectivity index (χ1v) is 6.42. The molecule has 2 heterocycles. The number of benzene rings is 1. The van der Waals surface area contributed by atoms with Crippen molar-refractivity contribution in [3.05, 3.63) is 30.0 Å². The van der Waals surface area contributed by atoms with Gasteiger partial charge in [0.2, 0.25) is 0 Å².